The van der Waals surface area contributed by atoms with Gasteiger partial charge in [-0.05, 0) is 51.2 Å². The molecule has 2 rings (SSSR count). The van der Waals surface area contributed by atoms with Gasteiger partial charge in [-0.2, -0.15) is 0 Å². The molecule has 0 aromatic heterocycles. The maximum absolute atomic E-state index is 9.46. The molecular formula is C14H22N2O. The van der Waals surface area contributed by atoms with E-state index in [0.717, 1.165) is 13.1 Å². The Hall–Kier alpha value is -1.06. The van der Waals surface area contributed by atoms with Gasteiger partial charge in [-0.1, -0.05) is 12.1 Å². The largest absolute Gasteiger partial charge is 0.508 e. The third kappa shape index (κ3) is 3.45. The average molecular weight is 234 g/mol. The van der Waals surface area contributed by atoms with E-state index in [0.29, 0.717) is 11.8 Å². The van der Waals surface area contributed by atoms with Gasteiger partial charge in [-0.15, -0.1) is 0 Å². The Morgan fingerprint density at radius 1 is 1.41 bits per heavy atom. The van der Waals surface area contributed by atoms with Crippen LogP contribution in [0.15, 0.2) is 24.3 Å². The second-order valence-corrected chi connectivity index (χ2v) is 5.16. The maximum atomic E-state index is 9.46. The van der Waals surface area contributed by atoms with E-state index in [-0.39, 0.29) is 0 Å². The Kier molecular flexibility index (Phi) is 4.02. The van der Waals surface area contributed by atoms with Crippen LogP contribution in [0, 0.1) is 0 Å². The smallest absolute Gasteiger partial charge is 0.115 e. The Morgan fingerprint density at radius 2 is 2.24 bits per heavy atom. The van der Waals surface area contributed by atoms with Crippen molar-refractivity contribution in [3.05, 3.63) is 29.8 Å². The fourth-order valence-corrected chi connectivity index (χ4v) is 2.51. The van der Waals surface area contributed by atoms with Gasteiger partial charge in [0.05, 0.1) is 0 Å². The molecule has 0 amide bonds. The number of aromatic hydroxyl groups is 1. The van der Waals surface area contributed by atoms with Gasteiger partial charge in [0.1, 0.15) is 5.75 Å². The highest BCUT2D eigenvalue weighted by molar-refractivity contribution is 5.27. The van der Waals surface area contributed by atoms with Gasteiger partial charge >= 0.3 is 0 Å². The first kappa shape index (κ1) is 12.4. The van der Waals surface area contributed by atoms with Gasteiger partial charge in [0.2, 0.25) is 0 Å². The van der Waals surface area contributed by atoms with Crippen molar-refractivity contribution in [2.24, 2.45) is 0 Å². The zero-order valence-electron chi connectivity index (χ0n) is 10.8. The van der Waals surface area contributed by atoms with Crippen LogP contribution in [-0.2, 0) is 6.54 Å². The SMILES string of the molecule is CN(C)C1CCCN(Cc2cccc(O)c2)C1. The summed E-state index contributed by atoms with van der Waals surface area (Å²) in [6.07, 6.45) is 2.56. The van der Waals surface area contributed by atoms with Crippen LogP contribution in [0.3, 0.4) is 0 Å². The lowest BCUT2D eigenvalue weighted by Crippen LogP contribution is -2.44. The van der Waals surface area contributed by atoms with Crippen LogP contribution < -0.4 is 0 Å². The molecule has 0 spiro atoms. The van der Waals surface area contributed by atoms with Crippen molar-refractivity contribution in [2.75, 3.05) is 27.2 Å². The zero-order valence-corrected chi connectivity index (χ0v) is 10.8. The molecule has 0 radical (unpaired) electrons. The third-order valence-corrected chi connectivity index (χ3v) is 3.53. The zero-order chi connectivity index (χ0) is 12.3. The van der Waals surface area contributed by atoms with Crippen molar-refractivity contribution in [3.63, 3.8) is 0 Å². The van der Waals surface area contributed by atoms with Crippen LogP contribution in [0.4, 0.5) is 0 Å². The molecule has 1 aromatic carbocycles. The molecule has 0 aliphatic carbocycles. The van der Waals surface area contributed by atoms with E-state index in [1.165, 1.54) is 24.9 Å². The van der Waals surface area contributed by atoms with Gasteiger partial charge in [0, 0.05) is 19.1 Å². The number of phenolic OH excluding ortho intramolecular Hbond substituents is 1. The summed E-state index contributed by atoms with van der Waals surface area (Å²) in [5.74, 6) is 0.365. The highest BCUT2D eigenvalue weighted by Crippen LogP contribution is 2.18. The normalized spacial score (nSPS) is 21.9. The van der Waals surface area contributed by atoms with Crippen LogP contribution in [0.2, 0.25) is 0 Å². The summed E-state index contributed by atoms with van der Waals surface area (Å²) in [6.45, 7) is 3.24. The van der Waals surface area contributed by atoms with Gasteiger partial charge < -0.3 is 10.0 Å². The van der Waals surface area contributed by atoms with Crippen molar-refractivity contribution in [1.82, 2.24) is 9.80 Å². The molecule has 94 valence electrons. The fourth-order valence-electron chi connectivity index (χ4n) is 2.51. The summed E-state index contributed by atoms with van der Waals surface area (Å²) in [5.41, 5.74) is 1.20. The second kappa shape index (κ2) is 5.52. The molecule has 1 heterocycles. The number of hydrogen-bond donors (Lipinski definition) is 1. The van der Waals surface area contributed by atoms with E-state index in [4.69, 9.17) is 0 Å². The quantitative estimate of drug-likeness (QED) is 0.865. The molecule has 17 heavy (non-hydrogen) atoms. The average Bonchev–Trinajstić information content (AvgIpc) is 2.29. The summed E-state index contributed by atoms with van der Waals surface area (Å²) in [6, 6.07) is 8.25. The van der Waals surface area contributed by atoms with Crippen LogP contribution in [0.5, 0.6) is 5.75 Å². The van der Waals surface area contributed by atoms with Crippen molar-refractivity contribution < 1.29 is 5.11 Å². The lowest BCUT2D eigenvalue weighted by Gasteiger charge is -2.36. The molecule has 1 saturated heterocycles. The minimum Gasteiger partial charge on any atom is -0.508 e. The summed E-state index contributed by atoms with van der Waals surface area (Å²) < 4.78 is 0. The van der Waals surface area contributed by atoms with E-state index < -0.39 is 0 Å². The predicted octanol–water partition coefficient (Wildman–Crippen LogP) is 1.92. The molecule has 1 N–H and O–H groups in total. The van der Waals surface area contributed by atoms with E-state index in [9.17, 15) is 5.11 Å². The Morgan fingerprint density at radius 3 is 2.94 bits per heavy atom. The molecular weight excluding hydrogens is 212 g/mol. The monoisotopic (exact) mass is 234 g/mol. The minimum atomic E-state index is 0.365. The lowest BCUT2D eigenvalue weighted by molar-refractivity contribution is 0.128. The summed E-state index contributed by atoms with van der Waals surface area (Å²) in [5, 5.41) is 9.46. The third-order valence-electron chi connectivity index (χ3n) is 3.53. The number of nitrogens with zero attached hydrogens (tertiary/aromatic N) is 2. The maximum Gasteiger partial charge on any atom is 0.115 e. The molecule has 0 bridgehead atoms. The Balaban J connectivity index is 1.94. The summed E-state index contributed by atoms with van der Waals surface area (Å²) in [4.78, 5) is 4.79. The first-order valence-corrected chi connectivity index (χ1v) is 6.32. The van der Waals surface area contributed by atoms with Crippen LogP contribution >= 0.6 is 0 Å². The number of likely N-dealkylation sites (tertiary alicyclic amines) is 1. The molecule has 1 fully saturated rings. The van der Waals surface area contributed by atoms with Crippen molar-refractivity contribution in [2.45, 2.75) is 25.4 Å². The molecule has 1 atom stereocenters. The predicted molar refractivity (Wildman–Crippen MR) is 70.1 cm³/mol. The van der Waals surface area contributed by atoms with Crippen LogP contribution in [-0.4, -0.2) is 48.1 Å². The number of hydrogen-bond acceptors (Lipinski definition) is 3. The van der Waals surface area contributed by atoms with Crippen LogP contribution in [0.25, 0.3) is 0 Å². The number of phenols is 1. The van der Waals surface area contributed by atoms with E-state index >= 15 is 0 Å². The van der Waals surface area contributed by atoms with Gasteiger partial charge in [0.15, 0.2) is 0 Å². The Bertz CT molecular complexity index is 365. The second-order valence-electron chi connectivity index (χ2n) is 5.16. The highest BCUT2D eigenvalue weighted by atomic mass is 16.3. The summed E-state index contributed by atoms with van der Waals surface area (Å²) >= 11 is 0. The van der Waals surface area contributed by atoms with Gasteiger partial charge in [0.25, 0.3) is 0 Å². The molecule has 3 heteroatoms. The number of rotatable bonds is 3. The van der Waals surface area contributed by atoms with Crippen LogP contribution in [0.1, 0.15) is 18.4 Å². The van der Waals surface area contributed by atoms with E-state index in [1.807, 2.05) is 12.1 Å². The Labute approximate surface area is 104 Å². The fraction of sp³-hybridized carbons (Fsp3) is 0.571. The van der Waals surface area contributed by atoms with Crippen molar-refractivity contribution in [3.8, 4) is 5.75 Å². The highest BCUT2D eigenvalue weighted by Gasteiger charge is 2.21. The van der Waals surface area contributed by atoms with Crippen molar-refractivity contribution >= 4 is 0 Å². The lowest BCUT2D eigenvalue weighted by atomic mass is 10.0. The topological polar surface area (TPSA) is 26.7 Å². The first-order chi connectivity index (χ1) is 8.15. The first-order valence-electron chi connectivity index (χ1n) is 6.32. The van der Waals surface area contributed by atoms with Crippen molar-refractivity contribution in [1.29, 1.82) is 0 Å². The molecule has 1 aromatic rings. The number of benzene rings is 1. The van der Waals surface area contributed by atoms with Gasteiger partial charge in [-0.25, -0.2) is 0 Å². The van der Waals surface area contributed by atoms with E-state index in [1.54, 1.807) is 6.07 Å². The van der Waals surface area contributed by atoms with E-state index in [2.05, 4.69) is 30.0 Å². The van der Waals surface area contributed by atoms with Gasteiger partial charge in [-0.3, -0.25) is 4.90 Å². The number of likely N-dealkylation sites (N-methyl/N-ethyl adjacent to an activating group) is 1. The summed E-state index contributed by atoms with van der Waals surface area (Å²) in [7, 11) is 4.31. The standard InChI is InChI=1S/C14H22N2O/c1-15(2)13-6-4-8-16(11-13)10-12-5-3-7-14(17)9-12/h3,5,7,9,13,17H,4,6,8,10-11H2,1-2H3. The molecule has 1 aliphatic heterocycles. The molecule has 0 saturated carbocycles. The minimum absolute atomic E-state index is 0.365. The molecule has 1 aliphatic rings. The molecule has 3 nitrogen and oxygen atoms in total. The number of piperidine rings is 1. The molecule has 1 unspecified atom stereocenters.